The summed E-state index contributed by atoms with van der Waals surface area (Å²) < 4.78 is 5.50. The summed E-state index contributed by atoms with van der Waals surface area (Å²) in [6.45, 7) is 9.01. The molecule has 0 aliphatic carbocycles. The van der Waals surface area contributed by atoms with Gasteiger partial charge in [-0.25, -0.2) is 0 Å². The van der Waals surface area contributed by atoms with Gasteiger partial charge in [-0.05, 0) is 45.2 Å². The Hall–Kier alpha value is -3.15. The van der Waals surface area contributed by atoms with E-state index in [4.69, 9.17) is 4.52 Å². The molecule has 1 fully saturated rings. The zero-order valence-electron chi connectivity index (χ0n) is 19.3. The summed E-state index contributed by atoms with van der Waals surface area (Å²) in [5.41, 5.74) is 4.54. The molecule has 32 heavy (non-hydrogen) atoms. The first kappa shape index (κ1) is 22.1. The van der Waals surface area contributed by atoms with Crippen LogP contribution in [0.3, 0.4) is 0 Å². The Morgan fingerprint density at radius 1 is 1.09 bits per heavy atom. The van der Waals surface area contributed by atoms with Crippen LogP contribution in [0.1, 0.15) is 43.2 Å². The van der Waals surface area contributed by atoms with Crippen LogP contribution in [0.2, 0.25) is 0 Å². The number of amides is 1. The van der Waals surface area contributed by atoms with Crippen molar-refractivity contribution >= 4 is 11.6 Å². The summed E-state index contributed by atoms with van der Waals surface area (Å²) in [4.78, 5) is 22.2. The SMILES string of the molecule is CCCN(Cc1nc(-c2ccc(C)cc2)no1)C(=O)[C@H]1CCCN(c2ccc(C)cc2)C1. The maximum Gasteiger partial charge on any atom is 0.246 e. The van der Waals surface area contributed by atoms with Gasteiger partial charge in [0, 0.05) is 30.9 Å². The van der Waals surface area contributed by atoms with Crippen molar-refractivity contribution in [3.05, 3.63) is 65.5 Å². The van der Waals surface area contributed by atoms with Crippen molar-refractivity contribution in [2.75, 3.05) is 24.5 Å². The van der Waals surface area contributed by atoms with Crippen LogP contribution in [0.15, 0.2) is 53.1 Å². The zero-order valence-corrected chi connectivity index (χ0v) is 19.3. The van der Waals surface area contributed by atoms with E-state index in [2.05, 4.69) is 53.2 Å². The summed E-state index contributed by atoms with van der Waals surface area (Å²) >= 11 is 0. The monoisotopic (exact) mass is 432 g/mol. The summed E-state index contributed by atoms with van der Waals surface area (Å²) in [5, 5.41) is 4.13. The van der Waals surface area contributed by atoms with Crippen LogP contribution < -0.4 is 4.90 Å². The molecular formula is C26H32N4O2. The highest BCUT2D eigenvalue weighted by Crippen LogP contribution is 2.26. The van der Waals surface area contributed by atoms with Gasteiger partial charge in [-0.3, -0.25) is 4.79 Å². The summed E-state index contributed by atoms with van der Waals surface area (Å²) in [7, 11) is 0. The maximum atomic E-state index is 13.4. The molecule has 0 bridgehead atoms. The Bertz CT molecular complexity index is 1030. The number of carbonyl (C=O) groups is 1. The lowest BCUT2D eigenvalue weighted by atomic mass is 9.95. The van der Waals surface area contributed by atoms with Crippen LogP contribution in [-0.2, 0) is 11.3 Å². The minimum atomic E-state index is -0.0175. The summed E-state index contributed by atoms with van der Waals surface area (Å²) in [6, 6.07) is 16.6. The highest BCUT2D eigenvalue weighted by atomic mass is 16.5. The molecule has 6 heteroatoms. The molecule has 0 radical (unpaired) electrons. The fourth-order valence-electron chi connectivity index (χ4n) is 4.27. The van der Waals surface area contributed by atoms with E-state index in [1.54, 1.807) is 0 Å². The van der Waals surface area contributed by atoms with E-state index < -0.39 is 0 Å². The van der Waals surface area contributed by atoms with E-state index in [0.717, 1.165) is 37.9 Å². The second-order valence-electron chi connectivity index (χ2n) is 8.76. The van der Waals surface area contributed by atoms with Crippen molar-refractivity contribution in [3.63, 3.8) is 0 Å². The molecule has 0 unspecified atom stereocenters. The van der Waals surface area contributed by atoms with Gasteiger partial charge in [0.1, 0.15) is 0 Å². The molecule has 1 atom stereocenters. The Morgan fingerprint density at radius 3 is 2.47 bits per heavy atom. The fraction of sp³-hybridized carbons (Fsp3) is 0.423. The van der Waals surface area contributed by atoms with Crippen LogP contribution in [-0.4, -0.2) is 40.6 Å². The highest BCUT2D eigenvalue weighted by molar-refractivity contribution is 5.79. The van der Waals surface area contributed by atoms with Crippen LogP contribution in [0, 0.1) is 19.8 Å². The number of carbonyl (C=O) groups excluding carboxylic acids is 1. The fourth-order valence-corrected chi connectivity index (χ4v) is 4.27. The van der Waals surface area contributed by atoms with Gasteiger partial charge in [0.25, 0.3) is 0 Å². The van der Waals surface area contributed by atoms with Gasteiger partial charge >= 0.3 is 0 Å². The lowest BCUT2D eigenvalue weighted by molar-refractivity contribution is -0.136. The number of rotatable bonds is 7. The normalized spacial score (nSPS) is 16.2. The topological polar surface area (TPSA) is 62.5 Å². The molecule has 1 aliphatic rings. The van der Waals surface area contributed by atoms with Crippen LogP contribution in [0.4, 0.5) is 5.69 Å². The van der Waals surface area contributed by atoms with Gasteiger partial charge in [-0.2, -0.15) is 4.98 Å². The quantitative estimate of drug-likeness (QED) is 0.525. The third-order valence-corrected chi connectivity index (χ3v) is 6.08. The molecular weight excluding hydrogens is 400 g/mol. The van der Waals surface area contributed by atoms with Gasteiger partial charge in [-0.15, -0.1) is 0 Å². The number of aromatic nitrogens is 2. The first-order valence-corrected chi connectivity index (χ1v) is 11.5. The minimum absolute atomic E-state index is 0.0175. The van der Waals surface area contributed by atoms with Gasteiger partial charge in [-0.1, -0.05) is 59.6 Å². The molecule has 4 rings (SSSR count). The average molecular weight is 433 g/mol. The predicted molar refractivity (Wildman–Crippen MR) is 126 cm³/mol. The van der Waals surface area contributed by atoms with Crippen molar-refractivity contribution < 1.29 is 9.32 Å². The first-order chi connectivity index (χ1) is 15.5. The van der Waals surface area contributed by atoms with E-state index in [1.807, 2.05) is 36.1 Å². The van der Waals surface area contributed by atoms with Crippen molar-refractivity contribution in [1.29, 1.82) is 0 Å². The van der Waals surface area contributed by atoms with E-state index in [1.165, 1.54) is 16.8 Å². The molecule has 1 aromatic heterocycles. The molecule has 2 heterocycles. The molecule has 0 spiro atoms. The summed E-state index contributed by atoms with van der Waals surface area (Å²) in [5.74, 6) is 1.20. The number of anilines is 1. The third kappa shape index (κ3) is 5.18. The maximum absolute atomic E-state index is 13.4. The number of hydrogen-bond acceptors (Lipinski definition) is 5. The molecule has 6 nitrogen and oxygen atoms in total. The molecule has 2 aromatic carbocycles. The number of aryl methyl sites for hydroxylation is 2. The Kier molecular flexibility index (Phi) is 6.88. The molecule has 1 amide bonds. The number of nitrogens with zero attached hydrogens (tertiary/aromatic N) is 4. The minimum Gasteiger partial charge on any atom is -0.371 e. The Morgan fingerprint density at radius 2 is 1.78 bits per heavy atom. The van der Waals surface area contributed by atoms with E-state index >= 15 is 0 Å². The predicted octanol–water partition coefficient (Wildman–Crippen LogP) is 5.01. The van der Waals surface area contributed by atoms with Crippen LogP contribution in [0.5, 0.6) is 0 Å². The summed E-state index contributed by atoms with van der Waals surface area (Å²) in [6.07, 6.45) is 2.82. The smallest absolute Gasteiger partial charge is 0.246 e. The average Bonchev–Trinajstić information content (AvgIpc) is 3.28. The second-order valence-corrected chi connectivity index (χ2v) is 8.76. The molecule has 0 saturated carbocycles. The number of benzene rings is 2. The van der Waals surface area contributed by atoms with Gasteiger partial charge in [0.2, 0.25) is 17.6 Å². The third-order valence-electron chi connectivity index (χ3n) is 6.08. The number of hydrogen-bond donors (Lipinski definition) is 0. The van der Waals surface area contributed by atoms with E-state index in [9.17, 15) is 4.79 Å². The van der Waals surface area contributed by atoms with E-state index in [0.29, 0.717) is 24.8 Å². The largest absolute Gasteiger partial charge is 0.371 e. The van der Waals surface area contributed by atoms with Crippen molar-refractivity contribution in [2.45, 2.75) is 46.6 Å². The highest BCUT2D eigenvalue weighted by Gasteiger charge is 2.30. The van der Waals surface area contributed by atoms with Crippen molar-refractivity contribution in [1.82, 2.24) is 15.0 Å². The standard InChI is InChI=1S/C26H32N4O2/c1-4-15-30(18-24-27-25(28-32-24)21-11-7-19(2)8-12-21)26(31)22-6-5-16-29(17-22)23-13-9-20(3)10-14-23/h7-14,22H,4-6,15-18H2,1-3H3/t22-/m0/s1. The van der Waals surface area contributed by atoms with Crippen LogP contribution >= 0.6 is 0 Å². The Labute approximate surface area is 190 Å². The molecule has 1 aliphatic heterocycles. The first-order valence-electron chi connectivity index (χ1n) is 11.5. The van der Waals surface area contributed by atoms with Crippen molar-refractivity contribution in [3.8, 4) is 11.4 Å². The van der Waals surface area contributed by atoms with Crippen LogP contribution in [0.25, 0.3) is 11.4 Å². The van der Waals surface area contributed by atoms with Gasteiger partial charge < -0.3 is 14.3 Å². The second kappa shape index (κ2) is 9.98. The molecule has 0 N–H and O–H groups in total. The lowest BCUT2D eigenvalue weighted by Crippen LogP contribution is -2.45. The van der Waals surface area contributed by atoms with Gasteiger partial charge in [0.05, 0.1) is 12.5 Å². The van der Waals surface area contributed by atoms with Crippen molar-refractivity contribution in [2.24, 2.45) is 5.92 Å². The van der Waals surface area contributed by atoms with Gasteiger partial charge in [0.15, 0.2) is 0 Å². The molecule has 3 aromatic rings. The lowest BCUT2D eigenvalue weighted by Gasteiger charge is -2.36. The van der Waals surface area contributed by atoms with E-state index in [-0.39, 0.29) is 11.8 Å². The number of piperidine rings is 1. The molecule has 1 saturated heterocycles. The molecule has 168 valence electrons. The zero-order chi connectivity index (χ0) is 22.5. The Balaban J connectivity index is 1.44.